The zero-order valence-corrected chi connectivity index (χ0v) is 17.1. The molecule has 0 unspecified atom stereocenters. The quantitative estimate of drug-likeness (QED) is 0.536. The fourth-order valence-corrected chi connectivity index (χ4v) is 3.53. The summed E-state index contributed by atoms with van der Waals surface area (Å²) >= 11 is 0. The third-order valence-electron chi connectivity index (χ3n) is 5.18. The Morgan fingerprint density at radius 1 is 0.964 bits per heavy atom. The van der Waals surface area contributed by atoms with Crippen LogP contribution in [0.3, 0.4) is 0 Å². The van der Waals surface area contributed by atoms with Gasteiger partial charge in [0.05, 0.1) is 17.8 Å². The van der Waals surface area contributed by atoms with Gasteiger partial charge in [-0.1, -0.05) is 32.9 Å². The van der Waals surface area contributed by atoms with Gasteiger partial charge >= 0.3 is 0 Å². The first-order valence-corrected chi connectivity index (χ1v) is 10.3. The van der Waals surface area contributed by atoms with Crippen molar-refractivity contribution in [2.75, 3.05) is 26.2 Å². The molecule has 28 heavy (non-hydrogen) atoms. The lowest BCUT2D eigenvalue weighted by atomic mass is 10.1. The maximum Gasteiger partial charge on any atom is 0.190 e. The number of benzene rings is 2. The summed E-state index contributed by atoms with van der Waals surface area (Å²) in [6.07, 6.45) is 0.983. The molecule has 0 bridgehead atoms. The lowest BCUT2D eigenvalue weighted by Gasteiger charge is -2.22. The molecular weight excluding hydrogens is 348 g/mol. The molecule has 0 saturated heterocycles. The zero-order chi connectivity index (χ0) is 19.9. The zero-order valence-electron chi connectivity index (χ0n) is 17.1. The smallest absolute Gasteiger partial charge is 0.190 e. The van der Waals surface area contributed by atoms with Gasteiger partial charge in [-0.3, -0.25) is 4.79 Å². The minimum absolute atomic E-state index is 0.0657. The molecule has 0 radical (unpaired) electrons. The maximum atomic E-state index is 12.7. The summed E-state index contributed by atoms with van der Waals surface area (Å²) in [5.41, 5.74) is 3.05. The Morgan fingerprint density at radius 2 is 1.68 bits per heavy atom. The number of pyridine rings is 1. The van der Waals surface area contributed by atoms with Crippen molar-refractivity contribution in [3.05, 3.63) is 64.8 Å². The van der Waals surface area contributed by atoms with Crippen molar-refractivity contribution in [2.45, 2.75) is 33.7 Å². The number of nitrogens with zero attached hydrogens (tertiary/aromatic N) is 2. The normalized spacial score (nSPS) is 11.3. The fraction of sp³-hybridized carbons (Fsp3) is 0.375. The lowest BCUT2D eigenvalue weighted by molar-refractivity contribution is 0.292. The van der Waals surface area contributed by atoms with Gasteiger partial charge in [0.2, 0.25) is 0 Å². The summed E-state index contributed by atoms with van der Waals surface area (Å²) in [7, 11) is 0. The van der Waals surface area contributed by atoms with Gasteiger partial charge in [0, 0.05) is 24.5 Å². The Morgan fingerprint density at radius 3 is 2.36 bits per heavy atom. The Kier molecular flexibility index (Phi) is 6.88. The molecule has 1 heterocycles. The summed E-state index contributed by atoms with van der Waals surface area (Å²) in [6, 6.07) is 17.7. The minimum atomic E-state index is 0.0657. The van der Waals surface area contributed by atoms with Gasteiger partial charge in [-0.05, 0) is 61.5 Å². The van der Waals surface area contributed by atoms with Gasteiger partial charge in [-0.15, -0.1) is 0 Å². The number of ether oxygens (including phenoxy) is 1. The first-order valence-electron chi connectivity index (χ1n) is 10.3. The summed E-state index contributed by atoms with van der Waals surface area (Å²) in [5.74, 6) is 0.864. The highest BCUT2D eigenvalue weighted by Gasteiger charge is 2.12. The van der Waals surface area contributed by atoms with E-state index in [2.05, 4.69) is 30.2 Å². The predicted octanol–water partition coefficient (Wildman–Crippen LogP) is 4.80. The molecule has 0 amide bonds. The molecule has 2 aromatic carbocycles. The predicted molar refractivity (Wildman–Crippen MR) is 117 cm³/mol. The summed E-state index contributed by atoms with van der Waals surface area (Å²) in [4.78, 5) is 15.1. The van der Waals surface area contributed by atoms with E-state index in [1.807, 2.05) is 48.5 Å². The van der Waals surface area contributed by atoms with E-state index in [1.54, 1.807) is 6.07 Å². The van der Waals surface area contributed by atoms with Crippen LogP contribution in [0.15, 0.2) is 59.4 Å². The summed E-state index contributed by atoms with van der Waals surface area (Å²) < 4.78 is 7.98. The molecule has 0 fully saturated rings. The molecule has 4 nitrogen and oxygen atoms in total. The minimum Gasteiger partial charge on any atom is -0.494 e. The average molecular weight is 379 g/mol. The van der Waals surface area contributed by atoms with Crippen LogP contribution in [-0.2, 0) is 6.54 Å². The van der Waals surface area contributed by atoms with E-state index in [1.165, 1.54) is 0 Å². The number of fused-ring (bicyclic) bond motifs is 1. The number of hydrogen-bond acceptors (Lipinski definition) is 3. The summed E-state index contributed by atoms with van der Waals surface area (Å²) in [5, 5.41) is 0.772. The number of aromatic nitrogens is 1. The molecule has 0 saturated carbocycles. The highest BCUT2D eigenvalue weighted by molar-refractivity contribution is 5.82. The van der Waals surface area contributed by atoms with Gasteiger partial charge in [-0.2, -0.15) is 0 Å². The van der Waals surface area contributed by atoms with Gasteiger partial charge in [-0.25, -0.2) is 0 Å². The van der Waals surface area contributed by atoms with Crippen LogP contribution in [0.1, 0.15) is 27.2 Å². The molecule has 0 aliphatic carbocycles. The van der Waals surface area contributed by atoms with Gasteiger partial charge in [0.25, 0.3) is 0 Å². The molecule has 148 valence electrons. The molecule has 0 spiro atoms. The van der Waals surface area contributed by atoms with Crippen molar-refractivity contribution in [1.82, 2.24) is 9.47 Å². The lowest BCUT2D eigenvalue weighted by Crippen LogP contribution is -2.28. The maximum absolute atomic E-state index is 12.7. The molecule has 3 aromatic rings. The molecule has 3 rings (SSSR count). The van der Waals surface area contributed by atoms with Crippen molar-refractivity contribution in [1.29, 1.82) is 0 Å². The van der Waals surface area contributed by atoms with Crippen molar-refractivity contribution in [2.24, 2.45) is 0 Å². The van der Waals surface area contributed by atoms with E-state index in [9.17, 15) is 4.79 Å². The molecular formula is C24H30N2O2. The second-order valence-corrected chi connectivity index (χ2v) is 6.96. The first kappa shape index (κ1) is 20.2. The number of rotatable bonds is 9. The van der Waals surface area contributed by atoms with Crippen LogP contribution in [0.25, 0.3) is 22.2 Å². The van der Waals surface area contributed by atoms with E-state index in [0.29, 0.717) is 6.61 Å². The molecule has 0 N–H and O–H groups in total. The second-order valence-electron chi connectivity index (χ2n) is 6.96. The largest absolute Gasteiger partial charge is 0.494 e. The average Bonchev–Trinajstić information content (AvgIpc) is 2.74. The molecule has 4 heteroatoms. The van der Waals surface area contributed by atoms with E-state index < -0.39 is 0 Å². The SMILES string of the molecule is CCCOc1ccc(-c2cc(=O)c3ccccc3n2CCN(CC)CC)cc1. The van der Waals surface area contributed by atoms with Crippen LogP contribution >= 0.6 is 0 Å². The van der Waals surface area contributed by atoms with Gasteiger partial charge in [0.15, 0.2) is 5.43 Å². The monoisotopic (exact) mass is 378 g/mol. The van der Waals surface area contributed by atoms with Crippen LogP contribution in [0.2, 0.25) is 0 Å². The third kappa shape index (κ3) is 4.45. The Balaban J connectivity index is 2.05. The topological polar surface area (TPSA) is 34.5 Å². The van der Waals surface area contributed by atoms with E-state index >= 15 is 0 Å². The van der Waals surface area contributed by atoms with Crippen LogP contribution in [0.4, 0.5) is 0 Å². The molecule has 0 atom stereocenters. The van der Waals surface area contributed by atoms with E-state index in [-0.39, 0.29) is 5.43 Å². The van der Waals surface area contributed by atoms with E-state index in [4.69, 9.17) is 4.74 Å². The van der Waals surface area contributed by atoms with Gasteiger partial charge < -0.3 is 14.2 Å². The highest BCUT2D eigenvalue weighted by Crippen LogP contribution is 2.25. The van der Waals surface area contributed by atoms with Crippen LogP contribution in [0, 0.1) is 0 Å². The van der Waals surface area contributed by atoms with Gasteiger partial charge in [0.1, 0.15) is 5.75 Å². The fourth-order valence-electron chi connectivity index (χ4n) is 3.53. The first-order chi connectivity index (χ1) is 13.7. The number of para-hydroxylation sites is 1. The highest BCUT2D eigenvalue weighted by atomic mass is 16.5. The Hall–Kier alpha value is -2.59. The molecule has 0 aliphatic heterocycles. The number of likely N-dealkylation sites (N-methyl/N-ethyl adjacent to an activating group) is 1. The van der Waals surface area contributed by atoms with Crippen LogP contribution in [0.5, 0.6) is 5.75 Å². The molecule has 1 aromatic heterocycles. The van der Waals surface area contributed by atoms with Crippen molar-refractivity contribution >= 4 is 10.9 Å². The van der Waals surface area contributed by atoms with Crippen LogP contribution < -0.4 is 10.2 Å². The Bertz CT molecular complexity index is 956. The standard InChI is InChI=1S/C24H30N2O2/c1-4-17-28-20-13-11-19(12-14-20)23-18-24(27)21-9-7-8-10-22(21)26(23)16-15-25(5-2)6-3/h7-14,18H,4-6,15-17H2,1-3H3. The van der Waals surface area contributed by atoms with E-state index in [0.717, 1.165) is 60.5 Å². The van der Waals surface area contributed by atoms with Crippen LogP contribution in [-0.4, -0.2) is 35.7 Å². The second kappa shape index (κ2) is 9.56. The molecule has 0 aliphatic rings. The summed E-state index contributed by atoms with van der Waals surface area (Å²) in [6.45, 7) is 11.0. The third-order valence-corrected chi connectivity index (χ3v) is 5.18. The number of hydrogen-bond donors (Lipinski definition) is 0. The van der Waals surface area contributed by atoms with Crippen molar-refractivity contribution in [3.8, 4) is 17.0 Å². The Labute approximate surface area is 167 Å². The van der Waals surface area contributed by atoms with Crippen molar-refractivity contribution in [3.63, 3.8) is 0 Å². The van der Waals surface area contributed by atoms with Crippen molar-refractivity contribution < 1.29 is 4.74 Å².